The second-order valence-electron chi connectivity index (χ2n) is 2.29. The van der Waals surface area contributed by atoms with Crippen molar-refractivity contribution in [2.75, 3.05) is 21.1 Å². The maximum absolute atomic E-state index is 6.47. The van der Waals surface area contributed by atoms with Gasteiger partial charge in [0.2, 0.25) is 0 Å². The van der Waals surface area contributed by atoms with E-state index < -0.39 is 0 Å². The second kappa shape index (κ2) is 6.81. The van der Waals surface area contributed by atoms with Gasteiger partial charge in [0.05, 0.1) is 0 Å². The van der Waals surface area contributed by atoms with E-state index in [1.807, 2.05) is 31.4 Å². The van der Waals surface area contributed by atoms with Crippen molar-refractivity contribution in [3.05, 3.63) is 0 Å². The molecule has 0 bridgehead atoms. The molecular formula is C5H16N6. The maximum Gasteiger partial charge on any atom is 0.192 e. The monoisotopic (exact) mass is 160 g/mol. The summed E-state index contributed by atoms with van der Waals surface area (Å²) >= 11 is 0. The van der Waals surface area contributed by atoms with Crippen LogP contribution in [0.3, 0.4) is 0 Å². The summed E-state index contributed by atoms with van der Waals surface area (Å²) in [6.07, 6.45) is 0. The molecule has 0 unspecified atom stereocenters. The first kappa shape index (κ1) is 12.4. The normalized spacial score (nSPS) is 8.00. The van der Waals surface area contributed by atoms with Crippen molar-refractivity contribution in [1.82, 2.24) is 10.2 Å². The van der Waals surface area contributed by atoms with Gasteiger partial charge in [-0.1, -0.05) is 0 Å². The molecule has 0 spiro atoms. The van der Waals surface area contributed by atoms with Crippen molar-refractivity contribution in [3.63, 3.8) is 0 Å². The van der Waals surface area contributed by atoms with Crippen molar-refractivity contribution in [2.24, 2.45) is 11.5 Å². The highest BCUT2D eigenvalue weighted by molar-refractivity contribution is 5.93. The molecule has 0 aromatic carbocycles. The lowest BCUT2D eigenvalue weighted by Gasteiger charge is -1.95. The van der Waals surface area contributed by atoms with E-state index in [1.165, 1.54) is 0 Å². The van der Waals surface area contributed by atoms with E-state index in [4.69, 9.17) is 22.3 Å². The Bertz CT molecular complexity index is 114. The molecule has 66 valence electrons. The molecule has 0 saturated carbocycles. The predicted octanol–water partition coefficient (Wildman–Crippen LogP) is -1.46. The SMILES string of the molecule is CN(C)C.N=C(N)NC(=N)N. The molecule has 0 radical (unpaired) electrons. The van der Waals surface area contributed by atoms with E-state index in [1.54, 1.807) is 0 Å². The van der Waals surface area contributed by atoms with Crippen molar-refractivity contribution >= 4 is 11.9 Å². The van der Waals surface area contributed by atoms with E-state index in [0.29, 0.717) is 0 Å². The Balaban J connectivity index is 0. The zero-order valence-electron chi connectivity index (χ0n) is 7.10. The molecule has 0 heterocycles. The number of hydrogen-bond donors (Lipinski definition) is 5. The molecule has 0 aromatic rings. The number of nitrogens with zero attached hydrogens (tertiary/aromatic N) is 1. The fraction of sp³-hybridized carbons (Fsp3) is 0.600. The Hall–Kier alpha value is -1.30. The smallest absolute Gasteiger partial charge is 0.192 e. The van der Waals surface area contributed by atoms with Crippen LogP contribution in [-0.4, -0.2) is 38.0 Å². The largest absolute Gasteiger partial charge is 0.370 e. The highest BCUT2D eigenvalue weighted by atomic mass is 15.1. The number of nitrogens with two attached hydrogens (primary N) is 2. The Morgan fingerprint density at radius 1 is 1.09 bits per heavy atom. The van der Waals surface area contributed by atoms with Crippen LogP contribution in [0.25, 0.3) is 0 Å². The third kappa shape index (κ3) is 53.6. The lowest BCUT2D eigenvalue weighted by molar-refractivity contribution is 0.505. The predicted molar refractivity (Wildman–Crippen MR) is 46.6 cm³/mol. The highest BCUT2D eigenvalue weighted by Crippen LogP contribution is 1.47. The minimum absolute atomic E-state index is 0.312. The minimum Gasteiger partial charge on any atom is -0.370 e. The summed E-state index contributed by atoms with van der Waals surface area (Å²) in [6.45, 7) is 0. The van der Waals surface area contributed by atoms with Gasteiger partial charge in [0, 0.05) is 0 Å². The average Bonchev–Trinajstić information content (AvgIpc) is 1.56. The van der Waals surface area contributed by atoms with Gasteiger partial charge in [-0.2, -0.15) is 0 Å². The number of hydrogen-bond acceptors (Lipinski definition) is 3. The van der Waals surface area contributed by atoms with E-state index >= 15 is 0 Å². The molecule has 7 N–H and O–H groups in total. The molecule has 0 aliphatic heterocycles. The molecule has 0 saturated heterocycles. The lowest BCUT2D eigenvalue weighted by atomic mass is 10.9. The summed E-state index contributed by atoms with van der Waals surface area (Å²) in [5.74, 6) is -0.625. The maximum atomic E-state index is 6.47. The zero-order chi connectivity index (χ0) is 9.44. The van der Waals surface area contributed by atoms with Crippen LogP contribution in [0.2, 0.25) is 0 Å². The minimum atomic E-state index is -0.312. The van der Waals surface area contributed by atoms with Crippen LogP contribution >= 0.6 is 0 Å². The molecule has 0 rings (SSSR count). The molecule has 11 heavy (non-hydrogen) atoms. The Labute approximate surface area is 66.6 Å². The molecule has 0 atom stereocenters. The summed E-state index contributed by atoms with van der Waals surface area (Å²) in [4.78, 5) is 2.00. The Kier molecular flexibility index (Phi) is 7.67. The van der Waals surface area contributed by atoms with Gasteiger partial charge in [-0.05, 0) is 21.1 Å². The molecule has 6 nitrogen and oxygen atoms in total. The van der Waals surface area contributed by atoms with Gasteiger partial charge in [-0.15, -0.1) is 0 Å². The van der Waals surface area contributed by atoms with Crippen LogP contribution < -0.4 is 16.8 Å². The molecular weight excluding hydrogens is 144 g/mol. The van der Waals surface area contributed by atoms with Crippen LogP contribution in [-0.2, 0) is 0 Å². The topological polar surface area (TPSA) is 115 Å². The second-order valence-corrected chi connectivity index (χ2v) is 2.29. The summed E-state index contributed by atoms with van der Waals surface area (Å²) < 4.78 is 0. The molecule has 6 heteroatoms. The average molecular weight is 160 g/mol. The van der Waals surface area contributed by atoms with Crippen molar-refractivity contribution in [1.29, 1.82) is 10.8 Å². The summed E-state index contributed by atoms with van der Waals surface area (Å²) in [7, 11) is 6.00. The quantitative estimate of drug-likeness (QED) is 0.220. The lowest BCUT2D eigenvalue weighted by Crippen LogP contribution is -2.39. The van der Waals surface area contributed by atoms with E-state index in [2.05, 4.69) is 0 Å². The van der Waals surface area contributed by atoms with Crippen LogP contribution in [0, 0.1) is 10.8 Å². The van der Waals surface area contributed by atoms with E-state index in [-0.39, 0.29) is 11.9 Å². The number of guanidine groups is 2. The third-order valence-corrected chi connectivity index (χ3v) is 0.269. The highest BCUT2D eigenvalue weighted by Gasteiger charge is 1.83. The molecule has 0 aromatic heterocycles. The van der Waals surface area contributed by atoms with E-state index in [0.717, 1.165) is 0 Å². The molecule has 0 aliphatic rings. The van der Waals surface area contributed by atoms with Gasteiger partial charge in [0.25, 0.3) is 0 Å². The van der Waals surface area contributed by atoms with Gasteiger partial charge < -0.3 is 16.4 Å². The molecule has 0 fully saturated rings. The van der Waals surface area contributed by atoms with Gasteiger partial charge in [-0.3, -0.25) is 16.1 Å². The molecule has 0 aliphatic carbocycles. The van der Waals surface area contributed by atoms with Crippen LogP contribution in [0.15, 0.2) is 0 Å². The van der Waals surface area contributed by atoms with Crippen LogP contribution in [0.4, 0.5) is 0 Å². The summed E-state index contributed by atoms with van der Waals surface area (Å²) in [6, 6.07) is 0. The van der Waals surface area contributed by atoms with Crippen LogP contribution in [0.1, 0.15) is 0 Å². The fourth-order valence-corrected chi connectivity index (χ4v) is 0.145. The Morgan fingerprint density at radius 3 is 1.27 bits per heavy atom. The zero-order valence-corrected chi connectivity index (χ0v) is 7.10. The van der Waals surface area contributed by atoms with Gasteiger partial charge >= 0.3 is 0 Å². The Morgan fingerprint density at radius 2 is 1.27 bits per heavy atom. The first-order valence-corrected chi connectivity index (χ1v) is 2.92. The van der Waals surface area contributed by atoms with Crippen molar-refractivity contribution in [2.45, 2.75) is 0 Å². The summed E-state index contributed by atoms with van der Waals surface area (Å²) in [5, 5.41) is 15.0. The number of rotatable bonds is 0. The van der Waals surface area contributed by atoms with Crippen molar-refractivity contribution < 1.29 is 0 Å². The van der Waals surface area contributed by atoms with E-state index in [9.17, 15) is 0 Å². The van der Waals surface area contributed by atoms with Gasteiger partial charge in [0.15, 0.2) is 11.9 Å². The first-order valence-electron chi connectivity index (χ1n) is 2.92. The van der Waals surface area contributed by atoms with Crippen molar-refractivity contribution in [3.8, 4) is 0 Å². The standard InChI is InChI=1S/C3H9N.C2H7N5/c1-4(2)3;3-1(4)7-2(5)6/h1-3H3;(H7,3,4,5,6,7). The van der Waals surface area contributed by atoms with Crippen LogP contribution in [0.5, 0.6) is 0 Å². The third-order valence-electron chi connectivity index (χ3n) is 0.269. The fourth-order valence-electron chi connectivity index (χ4n) is 0.145. The number of nitrogens with one attached hydrogen (secondary N) is 3. The first-order chi connectivity index (χ1) is 4.86. The van der Waals surface area contributed by atoms with Gasteiger partial charge in [0.1, 0.15) is 0 Å². The van der Waals surface area contributed by atoms with Gasteiger partial charge in [-0.25, -0.2) is 0 Å². The molecule has 0 amide bonds. The summed E-state index contributed by atoms with van der Waals surface area (Å²) in [5.41, 5.74) is 9.49.